The molecule has 0 bridgehead atoms. The smallest absolute Gasteiger partial charge is 0.363 e. The van der Waals surface area contributed by atoms with E-state index >= 15 is 0 Å². The number of hydrogen-bond donors (Lipinski definition) is 3. The molecule has 0 radical (unpaired) electrons. The molecule has 0 aromatic heterocycles. The largest absolute Gasteiger partial charge is 0.480 e. The van der Waals surface area contributed by atoms with Crippen LogP contribution in [-0.4, -0.2) is 97.7 Å². The Balaban J connectivity index is 1.54. The monoisotopic (exact) mass is 475 g/mol. The molecule has 2 aliphatic rings. The van der Waals surface area contributed by atoms with Crippen LogP contribution in [0.5, 0.6) is 0 Å². The Morgan fingerprint density at radius 1 is 0.853 bits per heavy atom. The molecule has 0 atom stereocenters. The molecule has 3 rings (SSSR count). The number of nitrogens with one attached hydrogen (secondary N) is 2. The molecule has 2 fully saturated rings. The van der Waals surface area contributed by atoms with Crippen molar-refractivity contribution in [2.24, 2.45) is 0 Å². The van der Waals surface area contributed by atoms with E-state index in [0.29, 0.717) is 11.6 Å². The van der Waals surface area contributed by atoms with E-state index in [4.69, 9.17) is 9.94 Å². The summed E-state index contributed by atoms with van der Waals surface area (Å²) in [6, 6.07) is 6.95. The molecule has 0 unspecified atom stereocenters. The number of aliphatic carboxylic acids is 1. The van der Waals surface area contributed by atoms with Gasteiger partial charge in [0.05, 0.1) is 12.1 Å². The van der Waals surface area contributed by atoms with Crippen molar-refractivity contribution in [3.05, 3.63) is 29.8 Å². The van der Waals surface area contributed by atoms with Crippen LogP contribution in [0.15, 0.2) is 24.3 Å². The van der Waals surface area contributed by atoms with Gasteiger partial charge in [0, 0.05) is 51.3 Å². The number of anilines is 1. The van der Waals surface area contributed by atoms with Gasteiger partial charge in [-0.05, 0) is 56.7 Å². The molecular formula is C23H33N5O6. The number of benzene rings is 1. The lowest BCUT2D eigenvalue weighted by atomic mass is 10.2. The third-order valence-corrected chi connectivity index (χ3v) is 5.78. The van der Waals surface area contributed by atoms with Gasteiger partial charge < -0.3 is 25.5 Å². The molecule has 11 heteroatoms. The maximum absolute atomic E-state index is 12.3. The summed E-state index contributed by atoms with van der Waals surface area (Å²) in [4.78, 5) is 55.9. The Kier molecular flexibility index (Phi) is 9.80. The van der Waals surface area contributed by atoms with Crippen molar-refractivity contribution in [3.8, 4) is 0 Å². The number of carboxylic acids is 1. The molecule has 11 nitrogen and oxygen atoms in total. The first kappa shape index (κ1) is 25.6. The van der Waals surface area contributed by atoms with Crippen LogP contribution < -0.4 is 15.5 Å². The zero-order valence-electron chi connectivity index (χ0n) is 19.3. The number of rotatable bonds is 5. The van der Waals surface area contributed by atoms with Gasteiger partial charge >= 0.3 is 11.9 Å². The Hall–Kier alpha value is -3.02. The predicted molar refractivity (Wildman–Crippen MR) is 124 cm³/mol. The molecular weight excluding hydrogens is 442 g/mol. The first-order chi connectivity index (χ1) is 16.4. The second-order valence-electron chi connectivity index (χ2n) is 8.37. The Morgan fingerprint density at radius 3 is 2.12 bits per heavy atom. The van der Waals surface area contributed by atoms with Crippen molar-refractivity contribution in [2.45, 2.75) is 25.7 Å². The molecule has 2 saturated heterocycles. The molecule has 0 saturated carbocycles. The fourth-order valence-corrected chi connectivity index (χ4v) is 3.96. The first-order valence-corrected chi connectivity index (χ1v) is 11.7. The van der Waals surface area contributed by atoms with Gasteiger partial charge in [-0.3, -0.25) is 19.3 Å². The van der Waals surface area contributed by atoms with Crippen molar-refractivity contribution >= 4 is 29.4 Å². The van der Waals surface area contributed by atoms with Crippen LogP contribution in [0.4, 0.5) is 5.69 Å². The van der Waals surface area contributed by atoms with Crippen molar-refractivity contribution in [3.63, 3.8) is 0 Å². The van der Waals surface area contributed by atoms with Crippen molar-refractivity contribution in [2.75, 3.05) is 63.8 Å². The van der Waals surface area contributed by atoms with E-state index in [9.17, 15) is 19.2 Å². The highest BCUT2D eigenvalue weighted by atomic mass is 16.7. The average molecular weight is 476 g/mol. The lowest BCUT2D eigenvalue weighted by Crippen LogP contribution is -2.40. The molecule has 186 valence electrons. The highest BCUT2D eigenvalue weighted by Crippen LogP contribution is 2.18. The van der Waals surface area contributed by atoms with Gasteiger partial charge in [0.1, 0.15) is 0 Å². The predicted octanol–water partition coefficient (Wildman–Crippen LogP) is 0.0734. The normalized spacial score (nSPS) is 19.6. The summed E-state index contributed by atoms with van der Waals surface area (Å²) in [5, 5.41) is 16.4. The Labute approximate surface area is 199 Å². The summed E-state index contributed by atoms with van der Waals surface area (Å²) in [6.45, 7) is 6.20. The van der Waals surface area contributed by atoms with Gasteiger partial charge in [-0.2, -0.15) is 0 Å². The standard InChI is InChI=1S/C23H33N5O6/c29-20-7-8-21(30)28(20)34-23(33)18-3-5-19(6-4-18)27-14-2-10-24-11-15-26(17-22(31)32)13-1-9-25-12-16-27/h3-6,24-25H,1-2,7-17H2,(H,31,32). The maximum atomic E-state index is 12.3. The van der Waals surface area contributed by atoms with Crippen LogP contribution in [0.1, 0.15) is 36.0 Å². The lowest BCUT2D eigenvalue weighted by Gasteiger charge is -2.26. The summed E-state index contributed by atoms with van der Waals surface area (Å²) in [7, 11) is 0. The van der Waals surface area contributed by atoms with Crippen LogP contribution >= 0.6 is 0 Å². The van der Waals surface area contributed by atoms with E-state index in [1.165, 1.54) is 0 Å². The van der Waals surface area contributed by atoms with Gasteiger partial charge in [0.2, 0.25) is 0 Å². The molecule has 1 aromatic rings. The number of amides is 2. The second kappa shape index (κ2) is 13.0. The minimum atomic E-state index is -0.804. The number of imide groups is 1. The molecule has 3 N–H and O–H groups in total. The number of hydrogen-bond acceptors (Lipinski definition) is 9. The fourth-order valence-electron chi connectivity index (χ4n) is 3.96. The van der Waals surface area contributed by atoms with Gasteiger partial charge in [-0.25, -0.2) is 4.79 Å². The molecule has 1 aromatic carbocycles. The van der Waals surface area contributed by atoms with Crippen LogP contribution in [0.25, 0.3) is 0 Å². The maximum Gasteiger partial charge on any atom is 0.363 e. The minimum absolute atomic E-state index is 0.0590. The second-order valence-corrected chi connectivity index (χ2v) is 8.37. The zero-order chi connectivity index (χ0) is 24.3. The molecule has 2 heterocycles. The van der Waals surface area contributed by atoms with E-state index in [0.717, 1.165) is 64.3 Å². The van der Waals surface area contributed by atoms with E-state index in [1.54, 1.807) is 12.1 Å². The third kappa shape index (κ3) is 7.79. The molecule has 0 spiro atoms. The highest BCUT2D eigenvalue weighted by molar-refractivity contribution is 6.02. The van der Waals surface area contributed by atoms with Gasteiger partial charge in [-0.1, -0.05) is 0 Å². The van der Waals surface area contributed by atoms with Crippen LogP contribution in [-0.2, 0) is 19.2 Å². The van der Waals surface area contributed by atoms with E-state index in [-0.39, 0.29) is 24.9 Å². The zero-order valence-corrected chi connectivity index (χ0v) is 19.3. The topological polar surface area (TPSA) is 132 Å². The van der Waals surface area contributed by atoms with Crippen molar-refractivity contribution in [1.29, 1.82) is 0 Å². The van der Waals surface area contributed by atoms with Gasteiger partial charge in [0.25, 0.3) is 11.8 Å². The van der Waals surface area contributed by atoms with Crippen LogP contribution in [0.2, 0.25) is 0 Å². The number of carbonyl (C=O) groups is 4. The minimum Gasteiger partial charge on any atom is -0.480 e. The van der Waals surface area contributed by atoms with Crippen LogP contribution in [0.3, 0.4) is 0 Å². The summed E-state index contributed by atoms with van der Waals surface area (Å²) in [6.07, 6.45) is 1.89. The van der Waals surface area contributed by atoms with Crippen molar-refractivity contribution in [1.82, 2.24) is 20.6 Å². The fraction of sp³-hybridized carbons (Fsp3) is 0.565. The average Bonchev–Trinajstić information content (AvgIpc) is 3.13. The highest BCUT2D eigenvalue weighted by Gasteiger charge is 2.33. The molecule has 2 amide bonds. The quantitative estimate of drug-likeness (QED) is 0.503. The molecule has 0 aliphatic carbocycles. The Bertz CT molecular complexity index is 830. The van der Waals surface area contributed by atoms with E-state index in [2.05, 4.69) is 15.5 Å². The SMILES string of the molecule is O=C(O)CN1CCCNCCN(c2ccc(C(=O)ON3C(=O)CCC3=O)cc2)CCCNCC1. The molecule has 34 heavy (non-hydrogen) atoms. The lowest BCUT2D eigenvalue weighted by molar-refractivity contribution is -0.172. The number of hydroxylamine groups is 2. The summed E-state index contributed by atoms with van der Waals surface area (Å²) in [5.41, 5.74) is 1.23. The number of nitrogens with zero attached hydrogens (tertiary/aromatic N) is 3. The number of carbonyl (C=O) groups excluding carboxylic acids is 3. The summed E-state index contributed by atoms with van der Waals surface area (Å²) in [5.74, 6) is -2.55. The third-order valence-electron chi connectivity index (χ3n) is 5.78. The first-order valence-electron chi connectivity index (χ1n) is 11.7. The van der Waals surface area contributed by atoms with E-state index < -0.39 is 23.8 Å². The van der Waals surface area contributed by atoms with E-state index in [1.807, 2.05) is 17.0 Å². The van der Waals surface area contributed by atoms with Crippen LogP contribution in [0, 0.1) is 0 Å². The molecule has 2 aliphatic heterocycles. The number of carboxylic acid groups (broad SMARTS) is 1. The van der Waals surface area contributed by atoms with Crippen molar-refractivity contribution < 1.29 is 29.1 Å². The van der Waals surface area contributed by atoms with Gasteiger partial charge in [-0.15, -0.1) is 5.06 Å². The van der Waals surface area contributed by atoms with Gasteiger partial charge in [0.15, 0.2) is 0 Å². The Morgan fingerprint density at radius 2 is 1.47 bits per heavy atom. The summed E-state index contributed by atoms with van der Waals surface area (Å²) >= 11 is 0. The summed E-state index contributed by atoms with van der Waals surface area (Å²) < 4.78 is 0.